The maximum absolute atomic E-state index is 3.54. The van der Waals surface area contributed by atoms with E-state index in [4.69, 9.17) is 0 Å². The van der Waals surface area contributed by atoms with Crippen LogP contribution in [0.2, 0.25) is 0 Å². The van der Waals surface area contributed by atoms with Crippen molar-refractivity contribution >= 4 is 43.2 Å². The van der Waals surface area contributed by atoms with Crippen LogP contribution in [-0.4, -0.2) is 12.6 Å². The van der Waals surface area contributed by atoms with Crippen molar-refractivity contribution in [1.82, 2.24) is 5.32 Å². The van der Waals surface area contributed by atoms with Gasteiger partial charge in [0.15, 0.2) is 0 Å². The summed E-state index contributed by atoms with van der Waals surface area (Å²) in [5.41, 5.74) is 0. The molecule has 1 rings (SSSR count). The Labute approximate surface area is 126 Å². The molecule has 0 unspecified atom stereocenters. The minimum absolute atomic E-state index is 0.621. The average molecular weight is 383 g/mol. The van der Waals surface area contributed by atoms with Gasteiger partial charge < -0.3 is 5.32 Å². The predicted molar refractivity (Wildman–Crippen MR) is 85.0 cm³/mol. The van der Waals surface area contributed by atoms with Crippen LogP contribution in [0.3, 0.4) is 0 Å². The van der Waals surface area contributed by atoms with Gasteiger partial charge in [0.05, 0.1) is 3.79 Å². The Balaban J connectivity index is 2.01. The third-order valence-corrected chi connectivity index (χ3v) is 5.91. The summed E-state index contributed by atoms with van der Waals surface area (Å²) in [5, 5.41) is 3.45. The second-order valence-electron chi connectivity index (χ2n) is 4.61. The highest BCUT2D eigenvalue weighted by Crippen LogP contribution is 2.33. The molecule has 0 radical (unpaired) electrons. The lowest BCUT2D eigenvalue weighted by atomic mass is 10.1. The van der Waals surface area contributed by atoms with Crippen LogP contribution in [0.15, 0.2) is 14.3 Å². The van der Waals surface area contributed by atoms with Gasteiger partial charge in [0.25, 0.3) is 0 Å². The number of aryl methyl sites for hydroxylation is 1. The van der Waals surface area contributed by atoms with Crippen molar-refractivity contribution in [3.63, 3.8) is 0 Å². The summed E-state index contributed by atoms with van der Waals surface area (Å²) in [6.07, 6.45) is 6.50. The maximum Gasteiger partial charge on any atom is 0.0843 e. The molecule has 1 nitrogen and oxygen atoms in total. The van der Waals surface area contributed by atoms with E-state index in [-0.39, 0.29) is 0 Å². The van der Waals surface area contributed by atoms with Crippen LogP contribution in [0.4, 0.5) is 0 Å². The smallest absolute Gasteiger partial charge is 0.0843 e. The molecule has 0 aliphatic rings. The summed E-state index contributed by atoms with van der Waals surface area (Å²) >= 11 is 8.91. The van der Waals surface area contributed by atoms with E-state index in [0.717, 1.165) is 6.54 Å². The SMILES string of the molecule is CC(C)NCCCCCCc1cc(Br)c(Br)s1. The van der Waals surface area contributed by atoms with Gasteiger partial charge in [0, 0.05) is 15.4 Å². The molecule has 0 aliphatic heterocycles. The van der Waals surface area contributed by atoms with E-state index in [1.807, 2.05) is 11.3 Å². The lowest BCUT2D eigenvalue weighted by molar-refractivity contribution is 0.542. The Kier molecular flexibility index (Phi) is 8.00. The Hall–Kier alpha value is 0.620. The van der Waals surface area contributed by atoms with Crippen LogP contribution >= 0.6 is 43.2 Å². The van der Waals surface area contributed by atoms with Gasteiger partial charge in [-0.3, -0.25) is 0 Å². The Morgan fingerprint density at radius 3 is 2.47 bits per heavy atom. The number of nitrogens with one attached hydrogen (secondary N) is 1. The normalized spacial score (nSPS) is 11.4. The molecule has 0 saturated heterocycles. The molecule has 1 aromatic rings. The van der Waals surface area contributed by atoms with Crippen LogP contribution in [0.25, 0.3) is 0 Å². The van der Waals surface area contributed by atoms with Gasteiger partial charge in [-0.05, 0) is 63.7 Å². The lowest BCUT2D eigenvalue weighted by Crippen LogP contribution is -2.23. The first kappa shape index (κ1) is 15.7. The first-order chi connectivity index (χ1) is 8.09. The largest absolute Gasteiger partial charge is 0.315 e. The zero-order valence-corrected chi connectivity index (χ0v) is 14.6. The number of rotatable bonds is 8. The highest BCUT2D eigenvalue weighted by Gasteiger charge is 2.03. The fourth-order valence-corrected chi connectivity index (χ4v) is 3.90. The molecule has 1 N–H and O–H groups in total. The van der Waals surface area contributed by atoms with E-state index in [2.05, 4.69) is 57.1 Å². The number of halogens is 2. The average Bonchev–Trinajstić information content (AvgIpc) is 2.56. The van der Waals surface area contributed by atoms with Crippen molar-refractivity contribution in [2.75, 3.05) is 6.54 Å². The molecule has 0 saturated carbocycles. The standard InChI is InChI=1S/C13H21Br2NS/c1-10(2)16-8-6-4-3-5-7-11-9-12(14)13(15)17-11/h9-10,16H,3-8H2,1-2H3. The van der Waals surface area contributed by atoms with E-state index < -0.39 is 0 Å². The van der Waals surface area contributed by atoms with E-state index >= 15 is 0 Å². The molecule has 0 amide bonds. The Morgan fingerprint density at radius 1 is 1.18 bits per heavy atom. The highest BCUT2D eigenvalue weighted by molar-refractivity contribution is 9.13. The lowest BCUT2D eigenvalue weighted by Gasteiger charge is -2.07. The molecule has 0 spiro atoms. The quantitative estimate of drug-likeness (QED) is 0.595. The van der Waals surface area contributed by atoms with Crippen LogP contribution in [0, 0.1) is 0 Å². The van der Waals surface area contributed by atoms with Gasteiger partial charge in [0.1, 0.15) is 0 Å². The van der Waals surface area contributed by atoms with E-state index in [0.29, 0.717) is 6.04 Å². The number of hydrogen-bond acceptors (Lipinski definition) is 2. The minimum Gasteiger partial charge on any atom is -0.315 e. The summed E-state index contributed by atoms with van der Waals surface area (Å²) in [4.78, 5) is 1.48. The van der Waals surface area contributed by atoms with Crippen molar-refractivity contribution in [2.45, 2.75) is 52.0 Å². The summed E-state index contributed by atoms with van der Waals surface area (Å²) in [7, 11) is 0. The molecule has 0 aliphatic carbocycles. The molecule has 0 atom stereocenters. The van der Waals surface area contributed by atoms with Gasteiger partial charge >= 0.3 is 0 Å². The fraction of sp³-hybridized carbons (Fsp3) is 0.692. The summed E-state index contributed by atoms with van der Waals surface area (Å²) in [6.45, 7) is 5.56. The zero-order chi connectivity index (χ0) is 12.7. The van der Waals surface area contributed by atoms with Crippen molar-refractivity contribution in [3.8, 4) is 0 Å². The summed E-state index contributed by atoms with van der Waals surface area (Å²) in [6, 6.07) is 2.85. The number of unbranched alkanes of at least 4 members (excludes halogenated alkanes) is 3. The maximum atomic E-state index is 3.54. The predicted octanol–water partition coefficient (Wildman–Crippen LogP) is 5.37. The van der Waals surface area contributed by atoms with Gasteiger partial charge in [-0.2, -0.15) is 0 Å². The van der Waals surface area contributed by atoms with Gasteiger partial charge in [0.2, 0.25) is 0 Å². The van der Waals surface area contributed by atoms with E-state index in [9.17, 15) is 0 Å². The van der Waals surface area contributed by atoms with Crippen LogP contribution in [0.5, 0.6) is 0 Å². The van der Waals surface area contributed by atoms with E-state index in [1.54, 1.807) is 0 Å². The third-order valence-electron chi connectivity index (χ3n) is 2.60. The molecule has 0 bridgehead atoms. The summed E-state index contributed by atoms with van der Waals surface area (Å²) < 4.78 is 2.41. The molecular weight excluding hydrogens is 362 g/mol. The van der Waals surface area contributed by atoms with Gasteiger partial charge in [-0.1, -0.05) is 26.7 Å². The minimum atomic E-state index is 0.621. The second-order valence-corrected chi connectivity index (χ2v) is 7.92. The number of thiophene rings is 1. The molecule has 1 aromatic heterocycles. The molecule has 1 heterocycles. The fourth-order valence-electron chi connectivity index (χ4n) is 1.68. The Bertz CT molecular complexity index is 304. The van der Waals surface area contributed by atoms with Crippen molar-refractivity contribution in [3.05, 3.63) is 19.2 Å². The molecular formula is C13H21Br2NS. The first-order valence-corrected chi connectivity index (χ1v) is 8.67. The third kappa shape index (κ3) is 6.94. The molecule has 17 heavy (non-hydrogen) atoms. The zero-order valence-electron chi connectivity index (χ0n) is 10.6. The molecule has 4 heteroatoms. The van der Waals surface area contributed by atoms with E-state index in [1.165, 1.54) is 45.2 Å². The van der Waals surface area contributed by atoms with Gasteiger partial charge in [-0.15, -0.1) is 11.3 Å². The first-order valence-electron chi connectivity index (χ1n) is 6.26. The number of hydrogen-bond donors (Lipinski definition) is 1. The highest BCUT2D eigenvalue weighted by atomic mass is 79.9. The van der Waals surface area contributed by atoms with Crippen LogP contribution in [0.1, 0.15) is 44.4 Å². The Morgan fingerprint density at radius 2 is 1.88 bits per heavy atom. The van der Waals surface area contributed by atoms with Gasteiger partial charge in [-0.25, -0.2) is 0 Å². The van der Waals surface area contributed by atoms with Crippen molar-refractivity contribution in [1.29, 1.82) is 0 Å². The monoisotopic (exact) mass is 381 g/mol. The second kappa shape index (κ2) is 8.68. The topological polar surface area (TPSA) is 12.0 Å². The molecule has 0 fully saturated rings. The van der Waals surface area contributed by atoms with Crippen molar-refractivity contribution in [2.24, 2.45) is 0 Å². The van der Waals surface area contributed by atoms with Crippen LogP contribution < -0.4 is 5.32 Å². The summed E-state index contributed by atoms with van der Waals surface area (Å²) in [5.74, 6) is 0. The van der Waals surface area contributed by atoms with Crippen LogP contribution in [-0.2, 0) is 6.42 Å². The van der Waals surface area contributed by atoms with Crippen molar-refractivity contribution < 1.29 is 0 Å². The molecule has 98 valence electrons. The molecule has 0 aromatic carbocycles.